The second kappa shape index (κ2) is 13.9. The Morgan fingerprint density at radius 2 is 1.54 bits per heavy atom. The molecule has 220 valence electrons. The SMILES string of the molecule is COc1ccc(S(=O)(=O)N(CC(=O)N(Cc2cccc(Cl)c2)C(C)C(=O)NC(C)C)c2ccc(Cl)cc2)cc1OC. The second-order valence-corrected chi connectivity index (χ2v) is 12.2. The average molecular weight is 623 g/mol. The Morgan fingerprint density at radius 1 is 0.878 bits per heavy atom. The van der Waals surface area contributed by atoms with Crippen LogP contribution in [-0.4, -0.2) is 58.0 Å². The minimum absolute atomic E-state index is 0.0247. The summed E-state index contributed by atoms with van der Waals surface area (Å²) in [6.45, 7) is 4.64. The molecule has 0 bridgehead atoms. The van der Waals surface area contributed by atoms with Crippen LogP contribution in [0.2, 0.25) is 10.0 Å². The summed E-state index contributed by atoms with van der Waals surface area (Å²) in [5.74, 6) is -0.428. The zero-order chi connectivity index (χ0) is 30.3. The van der Waals surface area contributed by atoms with Gasteiger partial charge in [0.25, 0.3) is 10.0 Å². The molecule has 0 radical (unpaired) electrons. The van der Waals surface area contributed by atoms with Crippen LogP contribution in [0.5, 0.6) is 11.5 Å². The molecule has 0 heterocycles. The summed E-state index contributed by atoms with van der Waals surface area (Å²) in [5, 5.41) is 3.67. The monoisotopic (exact) mass is 621 g/mol. The van der Waals surface area contributed by atoms with Crippen LogP contribution < -0.4 is 19.1 Å². The van der Waals surface area contributed by atoms with Gasteiger partial charge in [-0.3, -0.25) is 13.9 Å². The van der Waals surface area contributed by atoms with Crippen LogP contribution in [0.1, 0.15) is 26.3 Å². The van der Waals surface area contributed by atoms with Crippen molar-refractivity contribution in [2.24, 2.45) is 0 Å². The molecule has 0 spiro atoms. The Hall–Kier alpha value is -3.47. The lowest BCUT2D eigenvalue weighted by Gasteiger charge is -2.32. The number of carbonyl (C=O) groups excluding carboxylic acids is 2. The standard InChI is InChI=1S/C29H33Cl2N3O6S/c1-19(2)32-29(36)20(3)33(17-21-7-6-8-23(31)15-21)28(35)18-34(24-11-9-22(30)10-12-24)41(37,38)25-13-14-26(39-4)27(16-25)40-5/h6-16,19-20H,17-18H2,1-5H3,(H,32,36). The third kappa shape index (κ3) is 8.06. The lowest BCUT2D eigenvalue weighted by molar-refractivity contribution is -0.139. The molecule has 1 N–H and O–H groups in total. The zero-order valence-electron chi connectivity index (χ0n) is 23.4. The Balaban J connectivity index is 2.07. The maximum Gasteiger partial charge on any atom is 0.264 e. The predicted octanol–water partition coefficient (Wildman–Crippen LogP) is 5.15. The van der Waals surface area contributed by atoms with Crippen molar-refractivity contribution >= 4 is 50.7 Å². The molecule has 3 aromatic carbocycles. The first kappa shape index (κ1) is 32.0. The first-order valence-electron chi connectivity index (χ1n) is 12.7. The summed E-state index contributed by atoms with van der Waals surface area (Å²) >= 11 is 12.2. The molecule has 0 saturated heterocycles. The molecule has 3 aromatic rings. The number of carbonyl (C=O) groups is 2. The highest BCUT2D eigenvalue weighted by Gasteiger charge is 2.33. The van der Waals surface area contributed by atoms with Crippen molar-refractivity contribution in [2.45, 2.75) is 44.3 Å². The average Bonchev–Trinajstić information content (AvgIpc) is 2.93. The van der Waals surface area contributed by atoms with Crippen LogP contribution in [0.15, 0.2) is 71.6 Å². The number of anilines is 1. The fourth-order valence-corrected chi connectivity index (χ4v) is 5.83. The van der Waals surface area contributed by atoms with Crippen molar-refractivity contribution in [2.75, 3.05) is 25.1 Å². The number of ether oxygens (including phenoxy) is 2. The van der Waals surface area contributed by atoms with E-state index in [2.05, 4.69) is 5.32 Å². The van der Waals surface area contributed by atoms with Gasteiger partial charge in [-0.1, -0.05) is 35.3 Å². The molecule has 1 unspecified atom stereocenters. The van der Waals surface area contributed by atoms with E-state index in [1.54, 1.807) is 31.2 Å². The summed E-state index contributed by atoms with van der Waals surface area (Å²) in [6, 6.07) is 16.0. The Morgan fingerprint density at radius 3 is 2.12 bits per heavy atom. The van der Waals surface area contributed by atoms with Crippen LogP contribution in [0.3, 0.4) is 0 Å². The van der Waals surface area contributed by atoms with E-state index in [4.69, 9.17) is 32.7 Å². The van der Waals surface area contributed by atoms with Gasteiger partial charge in [-0.25, -0.2) is 8.42 Å². The number of benzene rings is 3. The number of methoxy groups -OCH3 is 2. The lowest BCUT2D eigenvalue weighted by atomic mass is 10.1. The molecule has 0 aliphatic rings. The smallest absolute Gasteiger partial charge is 0.264 e. The van der Waals surface area contributed by atoms with Crippen molar-refractivity contribution in [1.82, 2.24) is 10.2 Å². The van der Waals surface area contributed by atoms with Crippen LogP contribution >= 0.6 is 23.2 Å². The van der Waals surface area contributed by atoms with E-state index in [0.29, 0.717) is 21.4 Å². The van der Waals surface area contributed by atoms with Gasteiger partial charge in [-0.05, 0) is 74.9 Å². The Labute approximate surface area is 251 Å². The van der Waals surface area contributed by atoms with Gasteiger partial charge in [0.15, 0.2) is 11.5 Å². The maximum atomic E-state index is 14.0. The fraction of sp³-hybridized carbons (Fsp3) is 0.310. The van der Waals surface area contributed by atoms with Crippen molar-refractivity contribution < 1.29 is 27.5 Å². The molecular weight excluding hydrogens is 589 g/mol. The van der Waals surface area contributed by atoms with E-state index in [1.807, 2.05) is 13.8 Å². The van der Waals surface area contributed by atoms with Gasteiger partial charge in [0, 0.05) is 28.7 Å². The quantitative estimate of drug-likeness (QED) is 0.300. The molecule has 0 saturated carbocycles. The van der Waals surface area contributed by atoms with Gasteiger partial charge >= 0.3 is 0 Å². The molecule has 0 fully saturated rings. The topological polar surface area (TPSA) is 105 Å². The molecule has 0 aliphatic carbocycles. The molecule has 2 amide bonds. The van der Waals surface area contributed by atoms with Crippen molar-refractivity contribution in [3.8, 4) is 11.5 Å². The van der Waals surface area contributed by atoms with E-state index in [0.717, 1.165) is 4.31 Å². The normalized spacial score (nSPS) is 12.0. The van der Waals surface area contributed by atoms with E-state index in [1.165, 1.54) is 61.6 Å². The number of amides is 2. The van der Waals surface area contributed by atoms with E-state index >= 15 is 0 Å². The van der Waals surface area contributed by atoms with Crippen LogP contribution in [0, 0.1) is 0 Å². The van der Waals surface area contributed by atoms with E-state index in [-0.39, 0.29) is 34.8 Å². The molecule has 0 aromatic heterocycles. The highest BCUT2D eigenvalue weighted by Crippen LogP contribution is 2.32. The summed E-state index contributed by atoms with van der Waals surface area (Å²) in [5.41, 5.74) is 0.885. The first-order chi connectivity index (χ1) is 19.4. The van der Waals surface area contributed by atoms with Gasteiger partial charge in [0.2, 0.25) is 11.8 Å². The second-order valence-electron chi connectivity index (χ2n) is 9.50. The molecular formula is C29H33Cl2N3O6S. The Kier molecular flexibility index (Phi) is 10.9. The van der Waals surface area contributed by atoms with Crippen molar-refractivity contribution in [1.29, 1.82) is 0 Å². The molecule has 41 heavy (non-hydrogen) atoms. The number of halogens is 2. The number of nitrogens with zero attached hydrogens (tertiary/aromatic N) is 2. The zero-order valence-corrected chi connectivity index (χ0v) is 25.8. The molecule has 9 nitrogen and oxygen atoms in total. The van der Waals surface area contributed by atoms with Gasteiger partial charge in [0.1, 0.15) is 12.6 Å². The predicted molar refractivity (Wildman–Crippen MR) is 160 cm³/mol. The number of rotatable bonds is 12. The Bertz CT molecular complexity index is 1480. The molecule has 12 heteroatoms. The number of nitrogens with one attached hydrogen (secondary N) is 1. The fourth-order valence-electron chi connectivity index (χ4n) is 4.06. The van der Waals surface area contributed by atoms with Crippen LogP contribution in [0.4, 0.5) is 5.69 Å². The highest BCUT2D eigenvalue weighted by molar-refractivity contribution is 7.92. The summed E-state index contributed by atoms with van der Waals surface area (Å²) in [6.07, 6.45) is 0. The summed E-state index contributed by atoms with van der Waals surface area (Å²) < 4.78 is 39.6. The molecule has 0 aliphatic heterocycles. The summed E-state index contributed by atoms with van der Waals surface area (Å²) in [7, 11) is -1.48. The first-order valence-corrected chi connectivity index (χ1v) is 14.9. The number of hydrogen-bond donors (Lipinski definition) is 1. The highest BCUT2D eigenvalue weighted by atomic mass is 35.5. The van der Waals surface area contributed by atoms with Crippen molar-refractivity contribution in [3.05, 3.63) is 82.3 Å². The van der Waals surface area contributed by atoms with Crippen LogP contribution in [-0.2, 0) is 26.2 Å². The third-order valence-corrected chi connectivity index (χ3v) is 8.43. The minimum Gasteiger partial charge on any atom is -0.493 e. The van der Waals surface area contributed by atoms with Crippen LogP contribution in [0.25, 0.3) is 0 Å². The number of sulfonamides is 1. The molecule has 3 rings (SSSR count). The van der Waals surface area contributed by atoms with Gasteiger partial charge in [-0.15, -0.1) is 0 Å². The lowest BCUT2D eigenvalue weighted by Crippen LogP contribution is -2.52. The van der Waals surface area contributed by atoms with Gasteiger partial charge in [-0.2, -0.15) is 0 Å². The van der Waals surface area contributed by atoms with Gasteiger partial charge in [0.05, 0.1) is 24.8 Å². The number of hydrogen-bond acceptors (Lipinski definition) is 6. The van der Waals surface area contributed by atoms with E-state index < -0.39 is 28.5 Å². The maximum absolute atomic E-state index is 14.0. The third-order valence-electron chi connectivity index (χ3n) is 6.18. The minimum atomic E-state index is -4.31. The van der Waals surface area contributed by atoms with E-state index in [9.17, 15) is 18.0 Å². The van der Waals surface area contributed by atoms with Crippen molar-refractivity contribution in [3.63, 3.8) is 0 Å². The van der Waals surface area contributed by atoms with Gasteiger partial charge < -0.3 is 19.7 Å². The largest absolute Gasteiger partial charge is 0.493 e. The molecule has 1 atom stereocenters. The summed E-state index contributed by atoms with van der Waals surface area (Å²) in [4.78, 5) is 28.2.